The second-order valence-electron chi connectivity index (χ2n) is 7.64. The Morgan fingerprint density at radius 2 is 1.91 bits per heavy atom. The molecule has 178 valence electrons. The highest BCUT2D eigenvalue weighted by molar-refractivity contribution is 6.41. The molecule has 0 fully saturated rings. The van der Waals surface area contributed by atoms with Crippen molar-refractivity contribution in [3.63, 3.8) is 0 Å². The first kappa shape index (κ1) is 25.5. The summed E-state index contributed by atoms with van der Waals surface area (Å²) in [6.07, 6.45) is 3.34. The maximum atomic E-state index is 12.5. The molecule has 0 aliphatic heterocycles. The van der Waals surface area contributed by atoms with Crippen LogP contribution >= 0.6 is 0 Å². The second kappa shape index (κ2) is 12.9. The highest BCUT2D eigenvalue weighted by Crippen LogP contribution is 2.30. The number of nitriles is 1. The van der Waals surface area contributed by atoms with E-state index in [1.54, 1.807) is 42.6 Å². The Balaban J connectivity index is 1.66. The van der Waals surface area contributed by atoms with Gasteiger partial charge >= 0.3 is 7.12 Å². The maximum absolute atomic E-state index is 12.5. The number of pyridine rings is 1. The van der Waals surface area contributed by atoms with Gasteiger partial charge in [0.25, 0.3) is 0 Å². The first-order chi connectivity index (χ1) is 17.0. The summed E-state index contributed by atoms with van der Waals surface area (Å²) in [6, 6.07) is 21.3. The Morgan fingerprint density at radius 1 is 1.14 bits per heavy atom. The van der Waals surface area contributed by atoms with Crippen LogP contribution < -0.4 is 14.8 Å². The van der Waals surface area contributed by atoms with Gasteiger partial charge in [0.05, 0.1) is 37.4 Å². The van der Waals surface area contributed by atoms with Crippen LogP contribution in [0.15, 0.2) is 72.9 Å². The molecule has 2 aromatic carbocycles. The van der Waals surface area contributed by atoms with E-state index in [4.69, 9.17) is 9.47 Å². The van der Waals surface area contributed by atoms with Crippen molar-refractivity contribution in [3.8, 4) is 17.6 Å². The van der Waals surface area contributed by atoms with Gasteiger partial charge in [0, 0.05) is 12.5 Å². The monoisotopic (exact) mass is 471 g/mol. The van der Waals surface area contributed by atoms with Gasteiger partial charge in [0.1, 0.15) is 6.07 Å². The van der Waals surface area contributed by atoms with Gasteiger partial charge in [0.15, 0.2) is 11.5 Å². The predicted molar refractivity (Wildman–Crippen MR) is 133 cm³/mol. The smallest absolute Gasteiger partial charge is 0.453 e. The van der Waals surface area contributed by atoms with Crippen molar-refractivity contribution in [2.45, 2.75) is 18.8 Å². The number of aromatic nitrogens is 1. The van der Waals surface area contributed by atoms with Crippen LogP contribution in [0.4, 0.5) is 0 Å². The van der Waals surface area contributed by atoms with Gasteiger partial charge < -0.3 is 24.8 Å². The van der Waals surface area contributed by atoms with Crippen molar-refractivity contribution in [1.29, 1.82) is 5.26 Å². The SMILES string of the molecule is COc1ccc(C=C(C#N)c2ccccn2)cc1OCCC(=O)N[C@@H](CB(O)O)c1ccccc1. The molecule has 8 nitrogen and oxygen atoms in total. The third-order valence-electron chi connectivity index (χ3n) is 5.13. The fourth-order valence-corrected chi connectivity index (χ4v) is 3.44. The van der Waals surface area contributed by atoms with E-state index in [0.29, 0.717) is 28.3 Å². The van der Waals surface area contributed by atoms with Crippen LogP contribution in [0.2, 0.25) is 6.32 Å². The van der Waals surface area contributed by atoms with Crippen LogP contribution in [0.1, 0.15) is 29.3 Å². The molecule has 0 aliphatic rings. The number of hydrogen-bond donors (Lipinski definition) is 3. The van der Waals surface area contributed by atoms with Gasteiger partial charge in [-0.05, 0) is 41.5 Å². The quantitative estimate of drug-likeness (QED) is 0.290. The maximum Gasteiger partial charge on any atom is 0.453 e. The lowest BCUT2D eigenvalue weighted by atomic mass is 9.79. The van der Waals surface area contributed by atoms with Crippen LogP contribution in [0, 0.1) is 11.3 Å². The molecule has 9 heteroatoms. The van der Waals surface area contributed by atoms with Gasteiger partial charge in [-0.3, -0.25) is 9.78 Å². The van der Waals surface area contributed by atoms with Crippen molar-refractivity contribution in [1.82, 2.24) is 10.3 Å². The van der Waals surface area contributed by atoms with Crippen molar-refractivity contribution in [2.24, 2.45) is 0 Å². The number of amides is 1. The minimum absolute atomic E-state index is 0.0314. The first-order valence-electron chi connectivity index (χ1n) is 11.0. The van der Waals surface area contributed by atoms with E-state index in [-0.39, 0.29) is 25.3 Å². The zero-order valence-electron chi connectivity index (χ0n) is 19.3. The zero-order chi connectivity index (χ0) is 25.0. The Kier molecular flexibility index (Phi) is 9.43. The summed E-state index contributed by atoms with van der Waals surface area (Å²) >= 11 is 0. The number of nitrogens with zero attached hydrogens (tertiary/aromatic N) is 2. The zero-order valence-corrected chi connectivity index (χ0v) is 19.3. The molecule has 3 aromatic rings. The third kappa shape index (κ3) is 7.71. The minimum atomic E-state index is -1.55. The summed E-state index contributed by atoms with van der Waals surface area (Å²) in [7, 11) is -0.0369. The number of nitrogens with one attached hydrogen (secondary N) is 1. The lowest BCUT2D eigenvalue weighted by Crippen LogP contribution is -2.32. The number of carbonyl (C=O) groups excluding carboxylic acids is 1. The van der Waals surface area contributed by atoms with E-state index >= 15 is 0 Å². The van der Waals surface area contributed by atoms with Crippen molar-refractivity contribution in [3.05, 3.63) is 89.7 Å². The van der Waals surface area contributed by atoms with Crippen LogP contribution in [0.25, 0.3) is 11.6 Å². The summed E-state index contributed by atoms with van der Waals surface area (Å²) in [4.78, 5) is 16.7. The molecular formula is C26H26BN3O5. The van der Waals surface area contributed by atoms with E-state index < -0.39 is 13.2 Å². The largest absolute Gasteiger partial charge is 0.493 e. The summed E-state index contributed by atoms with van der Waals surface area (Å²) in [5.74, 6) is 0.624. The Bertz CT molecular complexity index is 1180. The van der Waals surface area contributed by atoms with Gasteiger partial charge in [0.2, 0.25) is 5.91 Å². The van der Waals surface area contributed by atoms with E-state index in [0.717, 1.165) is 5.56 Å². The summed E-state index contributed by atoms with van der Waals surface area (Å²) in [6.45, 7) is 0.0733. The summed E-state index contributed by atoms with van der Waals surface area (Å²) in [5.41, 5.74) is 2.45. The molecule has 3 rings (SSSR count). The van der Waals surface area contributed by atoms with E-state index in [1.165, 1.54) is 7.11 Å². The Hall–Kier alpha value is -4.13. The average Bonchev–Trinajstić information content (AvgIpc) is 2.88. The number of ether oxygens (including phenoxy) is 2. The van der Waals surface area contributed by atoms with Gasteiger partial charge in [-0.15, -0.1) is 0 Å². The van der Waals surface area contributed by atoms with Gasteiger partial charge in [-0.25, -0.2) is 0 Å². The average molecular weight is 471 g/mol. The van der Waals surface area contributed by atoms with Crippen LogP contribution in [0.3, 0.4) is 0 Å². The fraction of sp³-hybridized carbons (Fsp3) is 0.192. The molecule has 1 atom stereocenters. The summed E-state index contributed by atoms with van der Waals surface area (Å²) < 4.78 is 11.2. The van der Waals surface area contributed by atoms with Crippen LogP contribution in [0.5, 0.6) is 11.5 Å². The lowest BCUT2D eigenvalue weighted by Gasteiger charge is -2.19. The molecule has 0 spiro atoms. The highest BCUT2D eigenvalue weighted by atomic mass is 16.5. The highest BCUT2D eigenvalue weighted by Gasteiger charge is 2.21. The topological polar surface area (TPSA) is 125 Å². The molecule has 1 aromatic heterocycles. The summed E-state index contributed by atoms with van der Waals surface area (Å²) in [5, 5.41) is 31.1. The van der Waals surface area contributed by atoms with Crippen molar-refractivity contribution < 1.29 is 24.3 Å². The third-order valence-corrected chi connectivity index (χ3v) is 5.13. The molecule has 0 aliphatic carbocycles. The number of benzene rings is 2. The standard InChI is InChI=1S/C26H26BN3O5/c1-34-24-11-10-19(15-21(18-28)22-9-5-6-13-29-22)16-25(24)35-14-12-26(31)30-23(17-27(32)33)20-7-3-2-4-8-20/h2-11,13,15-16,23,32-33H,12,14,17H2,1H3,(H,30,31)/t23-/m0/s1. The van der Waals surface area contributed by atoms with E-state index in [1.807, 2.05) is 36.4 Å². The molecule has 0 radical (unpaired) electrons. The number of rotatable bonds is 11. The fourth-order valence-electron chi connectivity index (χ4n) is 3.44. The minimum Gasteiger partial charge on any atom is -0.493 e. The number of carbonyl (C=O) groups is 1. The molecule has 0 saturated heterocycles. The molecule has 35 heavy (non-hydrogen) atoms. The number of allylic oxidation sites excluding steroid dienone is 1. The van der Waals surface area contributed by atoms with Gasteiger partial charge in [-0.1, -0.05) is 42.5 Å². The first-order valence-corrected chi connectivity index (χ1v) is 11.0. The molecular weight excluding hydrogens is 445 g/mol. The van der Waals surface area contributed by atoms with Gasteiger partial charge in [-0.2, -0.15) is 5.26 Å². The molecule has 1 amide bonds. The van der Waals surface area contributed by atoms with Crippen molar-refractivity contribution in [2.75, 3.05) is 13.7 Å². The normalized spacial score (nSPS) is 11.8. The lowest BCUT2D eigenvalue weighted by molar-refractivity contribution is -0.122. The Morgan fingerprint density at radius 3 is 2.57 bits per heavy atom. The predicted octanol–water partition coefficient (Wildman–Crippen LogP) is 3.25. The molecule has 3 N–H and O–H groups in total. The molecule has 0 unspecified atom stereocenters. The number of methoxy groups -OCH3 is 1. The molecule has 0 bridgehead atoms. The molecule has 1 heterocycles. The number of hydrogen-bond acceptors (Lipinski definition) is 7. The van der Waals surface area contributed by atoms with Crippen LogP contribution in [-0.2, 0) is 4.79 Å². The molecule has 0 saturated carbocycles. The van der Waals surface area contributed by atoms with E-state index in [9.17, 15) is 20.1 Å². The van der Waals surface area contributed by atoms with E-state index in [2.05, 4.69) is 16.4 Å². The Labute approximate surface area is 204 Å². The van der Waals surface area contributed by atoms with Crippen LogP contribution in [-0.4, -0.2) is 41.8 Å². The van der Waals surface area contributed by atoms with Crippen molar-refractivity contribution >= 4 is 24.7 Å². The second-order valence-corrected chi connectivity index (χ2v) is 7.64.